The average molecular weight is 409 g/mol. The van der Waals surface area contributed by atoms with Crippen LogP contribution in [0.2, 0.25) is 0 Å². The van der Waals surface area contributed by atoms with Gasteiger partial charge in [0.25, 0.3) is 0 Å². The van der Waals surface area contributed by atoms with Crippen LogP contribution in [0.25, 0.3) is 5.82 Å². The molecule has 0 atom stereocenters. The molecule has 10 nitrogen and oxygen atoms in total. The van der Waals surface area contributed by atoms with Gasteiger partial charge in [0.1, 0.15) is 12.9 Å². The molecule has 2 fully saturated rings. The maximum absolute atomic E-state index is 13.1. The van der Waals surface area contributed by atoms with Crippen LogP contribution in [-0.2, 0) is 20.7 Å². The summed E-state index contributed by atoms with van der Waals surface area (Å²) in [7, 11) is 0. The fraction of sp³-hybridized carbons (Fsp3) is 0.550. The molecule has 1 spiro atoms. The molecular weight excluding hydrogens is 386 g/mol. The lowest BCUT2D eigenvalue weighted by atomic mass is 9.68. The number of hydrogen-bond acceptors (Lipinski definition) is 8. The zero-order chi connectivity index (χ0) is 20.6. The van der Waals surface area contributed by atoms with E-state index in [1.54, 1.807) is 17.3 Å². The van der Waals surface area contributed by atoms with E-state index in [2.05, 4.69) is 25.5 Å². The molecule has 0 aromatic carbocycles. The van der Waals surface area contributed by atoms with Crippen molar-refractivity contribution in [3.8, 4) is 5.82 Å². The van der Waals surface area contributed by atoms with E-state index in [-0.39, 0.29) is 23.9 Å². The van der Waals surface area contributed by atoms with Gasteiger partial charge >= 0.3 is 5.97 Å². The number of carbonyl (C=O) groups is 2. The van der Waals surface area contributed by atoms with Gasteiger partial charge < -0.3 is 9.64 Å². The van der Waals surface area contributed by atoms with Gasteiger partial charge in [0.15, 0.2) is 5.82 Å². The van der Waals surface area contributed by atoms with Gasteiger partial charge in [-0.3, -0.25) is 9.78 Å². The first kappa shape index (κ1) is 18.8. The zero-order valence-electron chi connectivity index (χ0n) is 16.6. The summed E-state index contributed by atoms with van der Waals surface area (Å²) in [6.45, 7) is 0.908. The van der Waals surface area contributed by atoms with Crippen molar-refractivity contribution in [2.45, 2.75) is 44.9 Å². The Kier molecular flexibility index (Phi) is 4.76. The molecule has 2 aromatic rings. The molecule has 2 aromatic heterocycles. The van der Waals surface area contributed by atoms with Crippen molar-refractivity contribution in [2.75, 3.05) is 13.2 Å². The van der Waals surface area contributed by atoms with Crippen LogP contribution < -0.4 is 0 Å². The molecule has 1 aliphatic carbocycles. The smallest absolute Gasteiger partial charge is 0.333 e. The van der Waals surface area contributed by atoms with E-state index in [9.17, 15) is 9.59 Å². The van der Waals surface area contributed by atoms with Crippen LogP contribution in [0.5, 0.6) is 0 Å². The lowest BCUT2D eigenvalue weighted by Gasteiger charge is -2.35. The van der Waals surface area contributed by atoms with Crippen LogP contribution in [0.1, 0.15) is 44.2 Å². The molecule has 1 amide bonds. The Balaban J connectivity index is 1.14. The normalized spacial score (nSPS) is 26.3. The highest BCUT2D eigenvalue weighted by Gasteiger charge is 2.49. The second-order valence-electron chi connectivity index (χ2n) is 8.33. The summed E-state index contributed by atoms with van der Waals surface area (Å²) in [5.74, 6) is 1.01. The molecule has 30 heavy (non-hydrogen) atoms. The van der Waals surface area contributed by atoms with E-state index in [1.807, 2.05) is 0 Å². The van der Waals surface area contributed by atoms with E-state index >= 15 is 0 Å². The Morgan fingerprint density at radius 3 is 2.67 bits per heavy atom. The number of cyclic esters (lactones) is 1. The summed E-state index contributed by atoms with van der Waals surface area (Å²) in [4.78, 5) is 35.0. The highest BCUT2D eigenvalue weighted by Crippen LogP contribution is 2.48. The van der Waals surface area contributed by atoms with Crippen LogP contribution in [0.4, 0.5) is 0 Å². The van der Waals surface area contributed by atoms with Gasteiger partial charge in [0, 0.05) is 12.6 Å². The van der Waals surface area contributed by atoms with Crippen LogP contribution in [0.15, 0.2) is 30.5 Å². The lowest BCUT2D eigenvalue weighted by Crippen LogP contribution is -2.37. The third-order valence-electron chi connectivity index (χ3n) is 6.65. The van der Waals surface area contributed by atoms with Crippen molar-refractivity contribution in [3.63, 3.8) is 0 Å². The number of ether oxygens (including phenoxy) is 1. The van der Waals surface area contributed by atoms with Crippen molar-refractivity contribution in [3.05, 3.63) is 36.2 Å². The number of hydrogen-bond donors (Lipinski definition) is 0. The summed E-state index contributed by atoms with van der Waals surface area (Å²) >= 11 is 0. The Morgan fingerprint density at radius 2 is 2.00 bits per heavy atom. The van der Waals surface area contributed by atoms with Crippen molar-refractivity contribution in [1.82, 2.24) is 35.1 Å². The first-order valence-electron chi connectivity index (χ1n) is 10.4. The number of amides is 1. The van der Waals surface area contributed by atoms with Crippen molar-refractivity contribution < 1.29 is 14.3 Å². The Bertz CT molecular complexity index is 963. The van der Waals surface area contributed by atoms with Crippen LogP contribution in [0.3, 0.4) is 0 Å². The molecule has 10 heteroatoms. The highest BCUT2D eigenvalue weighted by molar-refractivity contribution is 5.90. The Labute approximate surface area is 173 Å². The van der Waals surface area contributed by atoms with Gasteiger partial charge in [0.2, 0.25) is 5.91 Å². The molecular formula is C20H23N7O3. The molecule has 0 bridgehead atoms. The average Bonchev–Trinajstić information content (AvgIpc) is 3.51. The fourth-order valence-corrected chi connectivity index (χ4v) is 4.81. The highest BCUT2D eigenvalue weighted by atomic mass is 16.5. The standard InChI is InChI=1S/C20H23N7O3/c28-18-9-16(12-30-18)26-8-7-20(19(26)29)5-3-14(4-6-20)1-2-15-10-22-17(11-21-15)27-13-23-24-25-27/h9-11,13-14H,1-8,12H2. The lowest BCUT2D eigenvalue weighted by molar-refractivity contribution is -0.138. The second-order valence-corrected chi connectivity index (χ2v) is 8.33. The van der Waals surface area contributed by atoms with Gasteiger partial charge in [-0.25, -0.2) is 9.78 Å². The number of rotatable bonds is 5. The number of likely N-dealkylation sites (tertiary alicyclic amines) is 1. The molecule has 0 radical (unpaired) electrons. The minimum absolute atomic E-state index is 0.176. The molecule has 0 N–H and O–H groups in total. The summed E-state index contributed by atoms with van der Waals surface area (Å²) in [6, 6.07) is 0. The van der Waals surface area contributed by atoms with Gasteiger partial charge in [-0.05, 0) is 61.3 Å². The first-order chi connectivity index (χ1) is 14.6. The quantitative estimate of drug-likeness (QED) is 0.677. The molecule has 3 aliphatic rings. The van der Waals surface area contributed by atoms with Crippen LogP contribution in [0, 0.1) is 11.3 Å². The van der Waals surface area contributed by atoms with Gasteiger partial charge in [0.05, 0.1) is 29.2 Å². The maximum Gasteiger partial charge on any atom is 0.333 e. The predicted molar refractivity (Wildman–Crippen MR) is 103 cm³/mol. The fourth-order valence-electron chi connectivity index (χ4n) is 4.81. The van der Waals surface area contributed by atoms with Crippen molar-refractivity contribution >= 4 is 11.9 Å². The topological polar surface area (TPSA) is 116 Å². The molecule has 4 heterocycles. The summed E-state index contributed by atoms with van der Waals surface area (Å²) in [5.41, 5.74) is 1.41. The molecule has 156 valence electrons. The molecule has 5 rings (SSSR count). The van der Waals surface area contributed by atoms with Crippen LogP contribution in [-0.4, -0.2) is 60.1 Å². The van der Waals surface area contributed by atoms with Crippen molar-refractivity contribution in [2.24, 2.45) is 11.3 Å². The second kappa shape index (κ2) is 7.58. The van der Waals surface area contributed by atoms with E-state index in [0.717, 1.165) is 50.6 Å². The predicted octanol–water partition coefficient (Wildman–Crippen LogP) is 1.23. The Morgan fingerprint density at radius 1 is 1.13 bits per heavy atom. The summed E-state index contributed by atoms with van der Waals surface area (Å²) in [5, 5.41) is 11.0. The summed E-state index contributed by atoms with van der Waals surface area (Å²) < 4.78 is 6.45. The summed E-state index contributed by atoms with van der Waals surface area (Å²) in [6.07, 6.45) is 13.1. The van der Waals surface area contributed by atoms with E-state index < -0.39 is 0 Å². The van der Waals surface area contributed by atoms with Gasteiger partial charge in [-0.15, -0.1) is 5.10 Å². The largest absolute Gasteiger partial charge is 0.456 e. The van der Waals surface area contributed by atoms with Crippen molar-refractivity contribution in [1.29, 1.82) is 0 Å². The minimum atomic E-state index is -0.350. The first-order valence-corrected chi connectivity index (χ1v) is 10.4. The molecule has 0 unspecified atom stereocenters. The molecule has 2 aliphatic heterocycles. The number of aromatic nitrogens is 6. The monoisotopic (exact) mass is 409 g/mol. The number of aryl methyl sites for hydroxylation is 1. The number of esters is 1. The molecule has 1 saturated carbocycles. The zero-order valence-corrected chi connectivity index (χ0v) is 16.6. The minimum Gasteiger partial charge on any atom is -0.456 e. The van der Waals surface area contributed by atoms with Crippen LogP contribution >= 0.6 is 0 Å². The number of nitrogens with zero attached hydrogens (tertiary/aromatic N) is 7. The third-order valence-corrected chi connectivity index (χ3v) is 6.65. The van der Waals surface area contributed by atoms with E-state index in [4.69, 9.17) is 4.74 Å². The SMILES string of the molecule is O=C1C=C(N2CCC3(CCC(CCc4cnc(-n5cnnn5)cn4)CC3)C2=O)CO1. The van der Waals surface area contributed by atoms with Gasteiger partial charge in [-0.1, -0.05) is 0 Å². The number of carbonyl (C=O) groups excluding carboxylic acids is 2. The number of tetrazole rings is 1. The van der Waals surface area contributed by atoms with Gasteiger partial charge in [-0.2, -0.15) is 4.68 Å². The molecule has 1 saturated heterocycles. The Hall–Kier alpha value is -3.17. The third kappa shape index (κ3) is 3.46. The van der Waals surface area contributed by atoms with E-state index in [1.165, 1.54) is 17.1 Å². The van der Waals surface area contributed by atoms with E-state index in [0.29, 0.717) is 24.0 Å². The maximum atomic E-state index is 13.1.